The van der Waals surface area contributed by atoms with Crippen molar-refractivity contribution >= 4 is 5.91 Å². The maximum Gasteiger partial charge on any atom is 0.221 e. The van der Waals surface area contributed by atoms with Gasteiger partial charge < -0.3 is 15.7 Å². The summed E-state index contributed by atoms with van der Waals surface area (Å²) in [5, 5.41) is 15.5. The molecule has 0 saturated carbocycles. The summed E-state index contributed by atoms with van der Waals surface area (Å²) in [6, 6.07) is 9.58. The van der Waals surface area contributed by atoms with Crippen LogP contribution in [0.4, 0.5) is 0 Å². The Morgan fingerprint density at radius 2 is 2.00 bits per heavy atom. The maximum atomic E-state index is 10.9. The molecular formula is C13H20N2O2. The Labute approximate surface area is 102 Å². The van der Waals surface area contributed by atoms with E-state index in [1.54, 1.807) is 7.05 Å². The third-order valence-electron chi connectivity index (χ3n) is 2.59. The highest BCUT2D eigenvalue weighted by atomic mass is 16.3. The highest BCUT2D eigenvalue weighted by Crippen LogP contribution is 2.14. The average molecular weight is 236 g/mol. The molecule has 0 aliphatic carbocycles. The molecule has 0 heterocycles. The van der Waals surface area contributed by atoms with Gasteiger partial charge in [-0.2, -0.15) is 0 Å². The monoisotopic (exact) mass is 236 g/mol. The van der Waals surface area contributed by atoms with E-state index in [1.165, 1.54) is 0 Å². The van der Waals surface area contributed by atoms with Crippen LogP contribution in [0.1, 0.15) is 24.5 Å². The van der Waals surface area contributed by atoms with Crippen LogP contribution < -0.4 is 10.6 Å². The van der Waals surface area contributed by atoms with Crippen LogP contribution in [0.2, 0.25) is 0 Å². The van der Waals surface area contributed by atoms with Crippen molar-refractivity contribution in [3.8, 4) is 0 Å². The predicted octanol–water partition coefficient (Wildman–Crippen LogP) is 0.836. The first kappa shape index (κ1) is 13.7. The normalized spacial score (nSPS) is 12.1. The number of rotatable bonds is 7. The van der Waals surface area contributed by atoms with Gasteiger partial charge in [0.1, 0.15) is 0 Å². The number of hydrogen-bond donors (Lipinski definition) is 3. The number of hydrogen-bond acceptors (Lipinski definition) is 3. The molecule has 0 aliphatic rings. The lowest BCUT2D eigenvalue weighted by Crippen LogP contribution is -2.25. The number of carbonyl (C=O) groups is 1. The fourth-order valence-corrected chi connectivity index (χ4v) is 1.53. The molecule has 1 amide bonds. The van der Waals surface area contributed by atoms with Crippen molar-refractivity contribution in [3.63, 3.8) is 0 Å². The van der Waals surface area contributed by atoms with Gasteiger partial charge in [0.05, 0.1) is 6.10 Å². The Hall–Kier alpha value is -1.39. The van der Waals surface area contributed by atoms with Crippen molar-refractivity contribution in [1.29, 1.82) is 0 Å². The van der Waals surface area contributed by atoms with E-state index in [0.29, 0.717) is 25.9 Å². The van der Waals surface area contributed by atoms with E-state index in [-0.39, 0.29) is 5.91 Å². The van der Waals surface area contributed by atoms with Crippen molar-refractivity contribution < 1.29 is 9.90 Å². The minimum Gasteiger partial charge on any atom is -0.388 e. The Kier molecular flexibility index (Phi) is 6.29. The molecule has 1 atom stereocenters. The largest absolute Gasteiger partial charge is 0.388 e. The zero-order valence-electron chi connectivity index (χ0n) is 10.1. The molecule has 0 radical (unpaired) electrons. The number of amides is 1. The van der Waals surface area contributed by atoms with Gasteiger partial charge in [-0.05, 0) is 18.5 Å². The molecule has 4 heteroatoms. The van der Waals surface area contributed by atoms with Crippen LogP contribution in [0, 0.1) is 0 Å². The van der Waals surface area contributed by atoms with E-state index in [4.69, 9.17) is 0 Å². The molecule has 94 valence electrons. The van der Waals surface area contributed by atoms with Gasteiger partial charge in [0.25, 0.3) is 0 Å². The number of benzene rings is 1. The van der Waals surface area contributed by atoms with Crippen molar-refractivity contribution in [2.24, 2.45) is 0 Å². The van der Waals surface area contributed by atoms with E-state index in [1.807, 2.05) is 30.3 Å². The SMILES string of the molecule is CNC(=O)CCNCC[C@@H](O)c1ccccc1. The van der Waals surface area contributed by atoms with Crippen LogP contribution in [0.15, 0.2) is 30.3 Å². The van der Waals surface area contributed by atoms with Gasteiger partial charge in [-0.25, -0.2) is 0 Å². The van der Waals surface area contributed by atoms with E-state index < -0.39 is 6.10 Å². The van der Waals surface area contributed by atoms with E-state index >= 15 is 0 Å². The second-order valence-electron chi connectivity index (χ2n) is 3.89. The summed E-state index contributed by atoms with van der Waals surface area (Å²) >= 11 is 0. The zero-order valence-corrected chi connectivity index (χ0v) is 10.1. The fourth-order valence-electron chi connectivity index (χ4n) is 1.53. The molecule has 0 unspecified atom stereocenters. The summed E-state index contributed by atoms with van der Waals surface area (Å²) in [5.74, 6) is 0.0288. The van der Waals surface area contributed by atoms with E-state index in [9.17, 15) is 9.90 Å². The van der Waals surface area contributed by atoms with Gasteiger partial charge in [0.2, 0.25) is 5.91 Å². The van der Waals surface area contributed by atoms with Gasteiger partial charge in [-0.15, -0.1) is 0 Å². The molecule has 0 aromatic heterocycles. The molecule has 1 aromatic carbocycles. The maximum absolute atomic E-state index is 10.9. The Morgan fingerprint density at radius 3 is 2.65 bits per heavy atom. The predicted molar refractivity (Wildman–Crippen MR) is 67.6 cm³/mol. The van der Waals surface area contributed by atoms with Crippen LogP contribution in [0.5, 0.6) is 0 Å². The zero-order chi connectivity index (χ0) is 12.5. The van der Waals surface area contributed by atoms with Crippen LogP contribution in [-0.4, -0.2) is 31.2 Å². The summed E-state index contributed by atoms with van der Waals surface area (Å²) in [6.07, 6.45) is 0.680. The summed E-state index contributed by atoms with van der Waals surface area (Å²) < 4.78 is 0. The first-order valence-corrected chi connectivity index (χ1v) is 5.88. The Bertz CT molecular complexity index is 327. The lowest BCUT2D eigenvalue weighted by atomic mass is 10.1. The number of aliphatic hydroxyl groups excluding tert-OH is 1. The van der Waals surface area contributed by atoms with E-state index in [0.717, 1.165) is 5.56 Å². The topological polar surface area (TPSA) is 61.4 Å². The molecule has 0 spiro atoms. The van der Waals surface area contributed by atoms with Crippen LogP contribution >= 0.6 is 0 Å². The van der Waals surface area contributed by atoms with Crippen molar-refractivity contribution in [2.75, 3.05) is 20.1 Å². The van der Waals surface area contributed by atoms with Gasteiger partial charge in [0, 0.05) is 20.0 Å². The summed E-state index contributed by atoms with van der Waals surface area (Å²) in [5.41, 5.74) is 0.931. The Balaban J connectivity index is 2.13. The summed E-state index contributed by atoms with van der Waals surface area (Å²) in [4.78, 5) is 10.9. The molecule has 0 saturated heterocycles. The quantitative estimate of drug-likeness (QED) is 0.615. The second-order valence-corrected chi connectivity index (χ2v) is 3.89. The smallest absolute Gasteiger partial charge is 0.221 e. The van der Waals surface area contributed by atoms with Crippen LogP contribution in [0.25, 0.3) is 0 Å². The minimum absolute atomic E-state index is 0.0288. The third kappa shape index (κ3) is 5.47. The number of nitrogens with one attached hydrogen (secondary N) is 2. The molecule has 0 bridgehead atoms. The molecule has 3 N–H and O–H groups in total. The second kappa shape index (κ2) is 7.81. The molecular weight excluding hydrogens is 216 g/mol. The van der Waals surface area contributed by atoms with Crippen LogP contribution in [0.3, 0.4) is 0 Å². The molecule has 0 fully saturated rings. The lowest BCUT2D eigenvalue weighted by molar-refractivity contribution is -0.120. The van der Waals surface area contributed by atoms with Crippen molar-refractivity contribution in [1.82, 2.24) is 10.6 Å². The fraction of sp³-hybridized carbons (Fsp3) is 0.462. The Morgan fingerprint density at radius 1 is 1.29 bits per heavy atom. The van der Waals surface area contributed by atoms with E-state index in [2.05, 4.69) is 10.6 Å². The third-order valence-corrected chi connectivity index (χ3v) is 2.59. The van der Waals surface area contributed by atoms with Gasteiger partial charge in [-0.3, -0.25) is 4.79 Å². The highest BCUT2D eigenvalue weighted by Gasteiger charge is 2.05. The van der Waals surface area contributed by atoms with Gasteiger partial charge in [0.15, 0.2) is 0 Å². The van der Waals surface area contributed by atoms with Gasteiger partial charge >= 0.3 is 0 Å². The highest BCUT2D eigenvalue weighted by molar-refractivity contribution is 5.75. The van der Waals surface area contributed by atoms with Crippen molar-refractivity contribution in [3.05, 3.63) is 35.9 Å². The number of carbonyl (C=O) groups excluding carboxylic acids is 1. The molecule has 1 aromatic rings. The lowest BCUT2D eigenvalue weighted by Gasteiger charge is -2.11. The number of aliphatic hydroxyl groups is 1. The first-order chi connectivity index (χ1) is 8.24. The summed E-state index contributed by atoms with van der Waals surface area (Å²) in [6.45, 7) is 1.34. The molecule has 1 rings (SSSR count). The molecule has 17 heavy (non-hydrogen) atoms. The van der Waals surface area contributed by atoms with Crippen molar-refractivity contribution in [2.45, 2.75) is 18.9 Å². The van der Waals surface area contributed by atoms with Gasteiger partial charge in [-0.1, -0.05) is 30.3 Å². The average Bonchev–Trinajstić information content (AvgIpc) is 2.38. The minimum atomic E-state index is -0.441. The van der Waals surface area contributed by atoms with Crippen LogP contribution in [-0.2, 0) is 4.79 Å². The first-order valence-electron chi connectivity index (χ1n) is 5.88. The standard InChI is InChI=1S/C13H20N2O2/c1-14-13(17)8-10-15-9-7-12(16)11-5-3-2-4-6-11/h2-6,12,15-16H,7-10H2,1H3,(H,14,17)/t12-/m1/s1. The molecule has 0 aliphatic heterocycles. The molecule has 4 nitrogen and oxygen atoms in total. The summed E-state index contributed by atoms with van der Waals surface area (Å²) in [7, 11) is 1.63.